The zero-order valence-corrected chi connectivity index (χ0v) is 9.87. The molecule has 1 aliphatic carbocycles. The Balaban J connectivity index is 1.93. The summed E-state index contributed by atoms with van der Waals surface area (Å²) < 4.78 is 4.54. The molecule has 2 heterocycles. The van der Waals surface area contributed by atoms with E-state index < -0.39 is 0 Å². The molecule has 0 aliphatic heterocycles. The maximum atomic E-state index is 5.24. The fourth-order valence-corrected chi connectivity index (χ4v) is 2.05. The number of rotatable bonds is 3. The highest BCUT2D eigenvalue weighted by atomic mass is 32.1. The van der Waals surface area contributed by atoms with Gasteiger partial charge in [-0.2, -0.15) is 10.2 Å². The Morgan fingerprint density at radius 1 is 1.56 bits per heavy atom. The standard InChI is InChI=1S/C10H13N5S/c1-14-5-4-8(13-14)6-15-9(7-2-3-7)11-12-10(15)16/h4-5,7H,2-3,6H2,1H3,(H,12,16). The third-order valence-electron chi connectivity index (χ3n) is 2.82. The molecule has 1 N–H and O–H groups in total. The minimum absolute atomic E-state index is 0.594. The second kappa shape index (κ2) is 3.55. The molecule has 0 amide bonds. The van der Waals surface area contributed by atoms with Crippen LogP contribution in [0.1, 0.15) is 30.3 Å². The van der Waals surface area contributed by atoms with Gasteiger partial charge in [0.15, 0.2) is 4.77 Å². The van der Waals surface area contributed by atoms with E-state index in [-0.39, 0.29) is 0 Å². The number of hydrogen-bond acceptors (Lipinski definition) is 3. The van der Waals surface area contributed by atoms with Gasteiger partial charge in [0, 0.05) is 19.2 Å². The van der Waals surface area contributed by atoms with E-state index in [9.17, 15) is 0 Å². The highest BCUT2D eigenvalue weighted by Gasteiger charge is 2.29. The lowest BCUT2D eigenvalue weighted by Crippen LogP contribution is -2.05. The predicted octanol–water partition coefficient (Wildman–Crippen LogP) is 1.60. The first-order chi connectivity index (χ1) is 7.74. The van der Waals surface area contributed by atoms with Crippen LogP contribution in [0.3, 0.4) is 0 Å². The molecule has 0 spiro atoms. The van der Waals surface area contributed by atoms with Crippen LogP contribution in [0.15, 0.2) is 12.3 Å². The van der Waals surface area contributed by atoms with Gasteiger partial charge in [-0.15, -0.1) is 0 Å². The molecule has 5 nitrogen and oxygen atoms in total. The summed E-state index contributed by atoms with van der Waals surface area (Å²) in [6, 6.07) is 2.01. The first-order valence-electron chi connectivity index (χ1n) is 5.37. The van der Waals surface area contributed by atoms with Crippen LogP contribution in [-0.4, -0.2) is 24.5 Å². The number of aromatic nitrogens is 5. The van der Waals surface area contributed by atoms with Crippen molar-refractivity contribution in [3.63, 3.8) is 0 Å². The molecule has 0 unspecified atom stereocenters. The van der Waals surface area contributed by atoms with E-state index in [1.54, 1.807) is 4.68 Å². The summed E-state index contributed by atoms with van der Waals surface area (Å²) in [6.45, 7) is 0.710. The van der Waals surface area contributed by atoms with Gasteiger partial charge in [0.05, 0.1) is 12.2 Å². The van der Waals surface area contributed by atoms with E-state index in [0.29, 0.717) is 17.2 Å². The van der Waals surface area contributed by atoms with Crippen LogP contribution in [-0.2, 0) is 13.6 Å². The molecule has 0 radical (unpaired) electrons. The highest BCUT2D eigenvalue weighted by molar-refractivity contribution is 7.71. The van der Waals surface area contributed by atoms with Gasteiger partial charge in [0.2, 0.25) is 0 Å². The van der Waals surface area contributed by atoms with Crippen molar-refractivity contribution in [2.75, 3.05) is 0 Å². The minimum atomic E-state index is 0.594. The summed E-state index contributed by atoms with van der Waals surface area (Å²) in [6.07, 6.45) is 4.39. The molecular weight excluding hydrogens is 222 g/mol. The van der Waals surface area contributed by atoms with E-state index in [0.717, 1.165) is 11.5 Å². The van der Waals surface area contributed by atoms with Crippen molar-refractivity contribution in [1.82, 2.24) is 24.5 Å². The first-order valence-corrected chi connectivity index (χ1v) is 5.78. The SMILES string of the molecule is Cn1ccc(Cn2c(C3CC3)n[nH]c2=S)n1. The minimum Gasteiger partial charge on any atom is -0.298 e. The van der Waals surface area contributed by atoms with Crippen molar-refractivity contribution >= 4 is 12.2 Å². The molecule has 2 aromatic heterocycles. The number of hydrogen-bond donors (Lipinski definition) is 1. The smallest absolute Gasteiger partial charge is 0.195 e. The molecule has 84 valence electrons. The number of aryl methyl sites for hydroxylation is 1. The van der Waals surface area contributed by atoms with E-state index in [1.807, 2.05) is 19.3 Å². The Labute approximate surface area is 98.1 Å². The molecule has 3 rings (SSSR count). The molecule has 1 aliphatic rings. The average molecular weight is 235 g/mol. The maximum absolute atomic E-state index is 5.24. The lowest BCUT2D eigenvalue weighted by Gasteiger charge is -2.02. The van der Waals surface area contributed by atoms with Crippen molar-refractivity contribution in [3.05, 3.63) is 28.6 Å². The molecule has 0 bridgehead atoms. The zero-order valence-electron chi connectivity index (χ0n) is 9.05. The van der Waals surface area contributed by atoms with Crippen LogP contribution >= 0.6 is 12.2 Å². The summed E-state index contributed by atoms with van der Waals surface area (Å²) in [5.41, 5.74) is 1.02. The van der Waals surface area contributed by atoms with Crippen molar-refractivity contribution in [2.24, 2.45) is 7.05 Å². The van der Waals surface area contributed by atoms with Crippen LogP contribution in [0.25, 0.3) is 0 Å². The van der Waals surface area contributed by atoms with Crippen LogP contribution < -0.4 is 0 Å². The van der Waals surface area contributed by atoms with E-state index >= 15 is 0 Å². The van der Waals surface area contributed by atoms with Crippen molar-refractivity contribution in [2.45, 2.75) is 25.3 Å². The fourth-order valence-electron chi connectivity index (χ4n) is 1.85. The molecule has 0 saturated heterocycles. The first kappa shape index (κ1) is 9.77. The summed E-state index contributed by atoms with van der Waals surface area (Å²) in [5.74, 6) is 1.67. The molecule has 1 saturated carbocycles. The van der Waals surface area contributed by atoms with Crippen molar-refractivity contribution in [1.29, 1.82) is 0 Å². The summed E-state index contributed by atoms with van der Waals surface area (Å²) in [7, 11) is 1.92. The zero-order chi connectivity index (χ0) is 11.1. The Kier molecular flexibility index (Phi) is 2.17. The van der Waals surface area contributed by atoms with Crippen LogP contribution in [0, 0.1) is 4.77 Å². The van der Waals surface area contributed by atoms with E-state index in [2.05, 4.69) is 19.9 Å². The Morgan fingerprint density at radius 2 is 2.38 bits per heavy atom. The molecular formula is C10H13N5S. The molecule has 6 heteroatoms. The Bertz CT molecular complexity index is 560. The average Bonchev–Trinajstić information content (AvgIpc) is 2.93. The summed E-state index contributed by atoms with van der Waals surface area (Å²) in [4.78, 5) is 0. The highest BCUT2D eigenvalue weighted by Crippen LogP contribution is 2.38. The Morgan fingerprint density at radius 3 is 3.00 bits per heavy atom. The van der Waals surface area contributed by atoms with E-state index in [4.69, 9.17) is 12.2 Å². The van der Waals surface area contributed by atoms with Gasteiger partial charge in [-0.1, -0.05) is 0 Å². The summed E-state index contributed by atoms with van der Waals surface area (Å²) in [5, 5.41) is 11.5. The number of H-pyrrole nitrogens is 1. The van der Waals surface area contributed by atoms with Gasteiger partial charge < -0.3 is 0 Å². The van der Waals surface area contributed by atoms with Crippen LogP contribution in [0.5, 0.6) is 0 Å². The Hall–Kier alpha value is -1.43. The molecule has 0 aromatic carbocycles. The lowest BCUT2D eigenvalue weighted by molar-refractivity contribution is 0.674. The molecule has 16 heavy (non-hydrogen) atoms. The van der Waals surface area contributed by atoms with Gasteiger partial charge in [-0.25, -0.2) is 0 Å². The predicted molar refractivity (Wildman–Crippen MR) is 61.7 cm³/mol. The lowest BCUT2D eigenvalue weighted by atomic mass is 10.3. The van der Waals surface area contributed by atoms with Gasteiger partial charge in [0.1, 0.15) is 5.82 Å². The van der Waals surface area contributed by atoms with Crippen LogP contribution in [0.2, 0.25) is 0 Å². The molecule has 0 atom stereocenters. The number of aromatic amines is 1. The van der Waals surface area contributed by atoms with Gasteiger partial charge in [-0.3, -0.25) is 14.3 Å². The van der Waals surface area contributed by atoms with Crippen molar-refractivity contribution < 1.29 is 0 Å². The number of nitrogens with one attached hydrogen (secondary N) is 1. The second-order valence-electron chi connectivity index (χ2n) is 4.23. The number of nitrogens with zero attached hydrogens (tertiary/aromatic N) is 4. The van der Waals surface area contributed by atoms with Gasteiger partial charge in [-0.05, 0) is 31.1 Å². The van der Waals surface area contributed by atoms with E-state index in [1.165, 1.54) is 12.8 Å². The normalized spacial score (nSPS) is 15.6. The largest absolute Gasteiger partial charge is 0.298 e. The maximum Gasteiger partial charge on any atom is 0.195 e. The monoisotopic (exact) mass is 235 g/mol. The topological polar surface area (TPSA) is 51.4 Å². The third-order valence-corrected chi connectivity index (χ3v) is 3.13. The van der Waals surface area contributed by atoms with Gasteiger partial charge >= 0.3 is 0 Å². The third kappa shape index (κ3) is 1.69. The van der Waals surface area contributed by atoms with Crippen LogP contribution in [0.4, 0.5) is 0 Å². The van der Waals surface area contributed by atoms with Crippen molar-refractivity contribution in [3.8, 4) is 0 Å². The second-order valence-corrected chi connectivity index (χ2v) is 4.61. The summed E-state index contributed by atoms with van der Waals surface area (Å²) >= 11 is 5.24. The fraction of sp³-hybridized carbons (Fsp3) is 0.500. The molecule has 1 fully saturated rings. The van der Waals surface area contributed by atoms with Gasteiger partial charge in [0.25, 0.3) is 0 Å². The quantitative estimate of drug-likeness (QED) is 0.822. The molecule has 2 aromatic rings.